The van der Waals surface area contributed by atoms with Crippen molar-refractivity contribution in [2.24, 2.45) is 5.41 Å². The van der Waals surface area contributed by atoms with Gasteiger partial charge in [-0.2, -0.15) is 0 Å². The molecule has 0 unspecified atom stereocenters. The Balaban J connectivity index is 1.53. The highest BCUT2D eigenvalue weighted by Gasteiger charge is 2.31. The SMILES string of the molecule is CC(C)(C)C(=O)N1CCN(C(=O)c2ccc(COc3ccc(F)cc3)o2)CC1. The van der Waals surface area contributed by atoms with Crippen LogP contribution in [0.3, 0.4) is 0 Å². The smallest absolute Gasteiger partial charge is 0.289 e. The Morgan fingerprint density at radius 3 is 2.21 bits per heavy atom. The van der Waals surface area contributed by atoms with Crippen molar-refractivity contribution in [2.75, 3.05) is 26.2 Å². The standard InChI is InChI=1S/C21H25FN2O4/c1-21(2,3)20(26)24-12-10-23(11-13-24)19(25)18-9-8-17(28-18)14-27-16-6-4-15(22)5-7-16/h4-9H,10-14H2,1-3H3. The van der Waals surface area contributed by atoms with E-state index in [1.807, 2.05) is 20.8 Å². The van der Waals surface area contributed by atoms with Gasteiger partial charge in [0, 0.05) is 31.6 Å². The molecular formula is C21H25FN2O4. The number of piperazine rings is 1. The third-order valence-electron chi connectivity index (χ3n) is 4.56. The van der Waals surface area contributed by atoms with Gasteiger partial charge in [-0.25, -0.2) is 4.39 Å². The van der Waals surface area contributed by atoms with E-state index in [1.54, 1.807) is 21.9 Å². The van der Waals surface area contributed by atoms with Crippen LogP contribution in [-0.4, -0.2) is 47.8 Å². The molecule has 0 atom stereocenters. The first-order valence-corrected chi connectivity index (χ1v) is 9.30. The molecule has 0 saturated carbocycles. The summed E-state index contributed by atoms with van der Waals surface area (Å²) in [6.45, 7) is 7.81. The van der Waals surface area contributed by atoms with Gasteiger partial charge in [-0.05, 0) is 36.4 Å². The molecule has 150 valence electrons. The minimum Gasteiger partial charge on any atom is -0.486 e. The zero-order chi connectivity index (χ0) is 20.3. The molecule has 3 rings (SSSR count). The quantitative estimate of drug-likeness (QED) is 0.806. The number of amides is 2. The number of carbonyl (C=O) groups is 2. The Morgan fingerprint density at radius 2 is 1.61 bits per heavy atom. The number of hydrogen-bond donors (Lipinski definition) is 0. The molecule has 1 saturated heterocycles. The van der Waals surface area contributed by atoms with Crippen LogP contribution in [0.4, 0.5) is 4.39 Å². The summed E-state index contributed by atoms with van der Waals surface area (Å²) in [5.74, 6) is 0.837. The monoisotopic (exact) mass is 388 g/mol. The molecule has 7 heteroatoms. The van der Waals surface area contributed by atoms with Crippen molar-refractivity contribution in [1.29, 1.82) is 0 Å². The number of halogens is 1. The molecule has 6 nitrogen and oxygen atoms in total. The molecule has 1 aromatic carbocycles. The summed E-state index contributed by atoms with van der Waals surface area (Å²) in [4.78, 5) is 28.5. The van der Waals surface area contributed by atoms with Gasteiger partial charge in [0.2, 0.25) is 5.91 Å². The Morgan fingerprint density at radius 1 is 1.00 bits per heavy atom. The van der Waals surface area contributed by atoms with Crippen molar-refractivity contribution in [1.82, 2.24) is 9.80 Å². The van der Waals surface area contributed by atoms with Crippen LogP contribution in [0.5, 0.6) is 5.75 Å². The fourth-order valence-corrected chi connectivity index (χ4v) is 3.00. The van der Waals surface area contributed by atoms with Crippen LogP contribution in [0.25, 0.3) is 0 Å². The van der Waals surface area contributed by atoms with Crippen LogP contribution >= 0.6 is 0 Å². The molecule has 0 bridgehead atoms. The van der Waals surface area contributed by atoms with Crippen LogP contribution in [0, 0.1) is 11.2 Å². The normalized spacial score (nSPS) is 14.9. The number of carbonyl (C=O) groups excluding carboxylic acids is 2. The summed E-state index contributed by atoms with van der Waals surface area (Å²) in [6, 6.07) is 9.01. The summed E-state index contributed by atoms with van der Waals surface area (Å²) < 4.78 is 24.0. The highest BCUT2D eigenvalue weighted by Crippen LogP contribution is 2.20. The van der Waals surface area contributed by atoms with E-state index in [1.165, 1.54) is 24.3 Å². The molecule has 2 amide bonds. The van der Waals surface area contributed by atoms with E-state index in [0.717, 1.165) is 0 Å². The van der Waals surface area contributed by atoms with E-state index in [9.17, 15) is 14.0 Å². The summed E-state index contributed by atoms with van der Waals surface area (Å²) in [5.41, 5.74) is -0.424. The molecule has 2 aromatic rings. The van der Waals surface area contributed by atoms with Crippen molar-refractivity contribution in [3.05, 3.63) is 53.7 Å². The average molecular weight is 388 g/mol. The largest absolute Gasteiger partial charge is 0.486 e. The second kappa shape index (κ2) is 8.04. The highest BCUT2D eigenvalue weighted by molar-refractivity contribution is 5.91. The summed E-state index contributed by atoms with van der Waals surface area (Å²) in [7, 11) is 0. The van der Waals surface area contributed by atoms with Crippen molar-refractivity contribution >= 4 is 11.8 Å². The van der Waals surface area contributed by atoms with Gasteiger partial charge in [-0.3, -0.25) is 9.59 Å². The van der Waals surface area contributed by atoms with Gasteiger partial charge in [-0.1, -0.05) is 20.8 Å². The average Bonchev–Trinajstić information content (AvgIpc) is 3.15. The maximum atomic E-state index is 12.9. The fraction of sp³-hybridized carbons (Fsp3) is 0.429. The third kappa shape index (κ3) is 4.71. The molecule has 2 heterocycles. The minimum atomic E-state index is -0.424. The van der Waals surface area contributed by atoms with E-state index in [2.05, 4.69) is 0 Å². The number of ether oxygens (including phenoxy) is 1. The lowest BCUT2D eigenvalue weighted by atomic mass is 9.94. The lowest BCUT2D eigenvalue weighted by molar-refractivity contribution is -0.140. The summed E-state index contributed by atoms with van der Waals surface area (Å²) >= 11 is 0. The summed E-state index contributed by atoms with van der Waals surface area (Å²) in [6.07, 6.45) is 0. The lowest BCUT2D eigenvalue weighted by Crippen LogP contribution is -2.53. The Labute approximate surface area is 163 Å². The second-order valence-corrected chi connectivity index (χ2v) is 7.84. The van der Waals surface area contributed by atoms with Crippen LogP contribution in [-0.2, 0) is 11.4 Å². The number of hydrogen-bond acceptors (Lipinski definition) is 4. The van der Waals surface area contributed by atoms with Gasteiger partial charge in [0.1, 0.15) is 23.9 Å². The van der Waals surface area contributed by atoms with Crippen molar-refractivity contribution in [3.8, 4) is 5.75 Å². The van der Waals surface area contributed by atoms with Gasteiger partial charge in [0.15, 0.2) is 5.76 Å². The van der Waals surface area contributed by atoms with E-state index in [4.69, 9.17) is 9.15 Å². The van der Waals surface area contributed by atoms with Crippen LogP contribution in [0.2, 0.25) is 0 Å². The molecule has 0 spiro atoms. The molecule has 0 N–H and O–H groups in total. The highest BCUT2D eigenvalue weighted by atomic mass is 19.1. The number of benzene rings is 1. The molecular weight excluding hydrogens is 363 g/mol. The van der Waals surface area contributed by atoms with Crippen molar-refractivity contribution < 1.29 is 23.1 Å². The molecule has 1 aromatic heterocycles. The number of nitrogens with zero attached hydrogens (tertiary/aromatic N) is 2. The first-order valence-electron chi connectivity index (χ1n) is 9.30. The topological polar surface area (TPSA) is 63.0 Å². The number of rotatable bonds is 4. The minimum absolute atomic E-state index is 0.0952. The second-order valence-electron chi connectivity index (χ2n) is 7.84. The molecule has 28 heavy (non-hydrogen) atoms. The first-order chi connectivity index (χ1) is 13.2. The molecule has 1 aliphatic heterocycles. The Kier molecular flexibility index (Phi) is 5.72. The Hall–Kier alpha value is -2.83. The maximum absolute atomic E-state index is 12.9. The lowest BCUT2D eigenvalue weighted by Gasteiger charge is -2.37. The van der Waals surface area contributed by atoms with Gasteiger partial charge >= 0.3 is 0 Å². The fourth-order valence-electron chi connectivity index (χ4n) is 3.00. The van der Waals surface area contributed by atoms with Crippen molar-refractivity contribution in [3.63, 3.8) is 0 Å². The predicted octanol–water partition coefficient (Wildman–Crippen LogP) is 3.33. The van der Waals surface area contributed by atoms with Crippen LogP contribution in [0.1, 0.15) is 37.1 Å². The molecule has 1 aliphatic rings. The van der Waals surface area contributed by atoms with Gasteiger partial charge < -0.3 is 19.0 Å². The zero-order valence-corrected chi connectivity index (χ0v) is 16.4. The molecule has 1 fully saturated rings. The summed E-state index contributed by atoms with van der Waals surface area (Å²) in [5, 5.41) is 0. The first kappa shape index (κ1) is 19.9. The van der Waals surface area contributed by atoms with E-state index < -0.39 is 5.41 Å². The van der Waals surface area contributed by atoms with Gasteiger partial charge in [0.05, 0.1) is 0 Å². The van der Waals surface area contributed by atoms with Crippen molar-refractivity contribution in [2.45, 2.75) is 27.4 Å². The van der Waals surface area contributed by atoms with Gasteiger partial charge in [-0.15, -0.1) is 0 Å². The predicted molar refractivity (Wildman–Crippen MR) is 101 cm³/mol. The van der Waals surface area contributed by atoms with E-state index in [0.29, 0.717) is 37.7 Å². The van der Waals surface area contributed by atoms with Crippen LogP contribution < -0.4 is 4.74 Å². The molecule has 0 aliphatic carbocycles. The third-order valence-corrected chi connectivity index (χ3v) is 4.56. The van der Waals surface area contributed by atoms with E-state index in [-0.39, 0.29) is 30.0 Å². The van der Waals surface area contributed by atoms with E-state index >= 15 is 0 Å². The Bertz CT molecular complexity index is 831. The molecule has 0 radical (unpaired) electrons. The zero-order valence-electron chi connectivity index (χ0n) is 16.4. The maximum Gasteiger partial charge on any atom is 0.289 e. The van der Waals surface area contributed by atoms with Gasteiger partial charge in [0.25, 0.3) is 5.91 Å². The van der Waals surface area contributed by atoms with Crippen LogP contribution in [0.15, 0.2) is 40.8 Å². The number of furan rings is 1.